The second kappa shape index (κ2) is 11.1. The number of allylic oxidation sites excluding steroid dienone is 2. The average Bonchev–Trinajstić information content (AvgIpc) is 2.90. The Bertz CT molecular complexity index is 1260. The minimum Gasteiger partial charge on any atom is -0.504 e. The first kappa shape index (κ1) is 26.3. The Morgan fingerprint density at radius 3 is 2.30 bits per heavy atom. The van der Waals surface area contributed by atoms with E-state index in [2.05, 4.69) is 0 Å². The fraction of sp³-hybridized carbons (Fsp3) is 0.414. The number of phenolic OH excluding ortho intramolecular Hbond substituents is 1. The van der Waals surface area contributed by atoms with Crippen LogP contribution in [0.2, 0.25) is 0 Å². The Hall–Kier alpha value is -3.81. The van der Waals surface area contributed by atoms with Crippen LogP contribution in [0.3, 0.4) is 0 Å². The van der Waals surface area contributed by atoms with Crippen LogP contribution in [0.5, 0.6) is 23.0 Å². The number of methoxy groups -OCH3 is 3. The largest absolute Gasteiger partial charge is 0.504 e. The highest BCUT2D eigenvalue weighted by Gasteiger charge is 2.45. The number of rotatable bonds is 8. The summed E-state index contributed by atoms with van der Waals surface area (Å²) in [4.78, 5) is 31.7. The molecule has 4 rings (SSSR count). The number of carbonyl (C=O) groups excluding carboxylic acids is 2. The molecule has 0 aromatic heterocycles. The fourth-order valence-electron chi connectivity index (χ4n) is 5.26. The molecule has 37 heavy (non-hydrogen) atoms. The summed E-state index contributed by atoms with van der Waals surface area (Å²) in [7, 11) is 4.63. The predicted molar refractivity (Wildman–Crippen MR) is 139 cm³/mol. The summed E-state index contributed by atoms with van der Waals surface area (Å²) in [6.45, 7) is 4.00. The smallest absolute Gasteiger partial charge is 0.315 e. The quantitative estimate of drug-likeness (QED) is 0.505. The van der Waals surface area contributed by atoms with Gasteiger partial charge in [0.05, 0.1) is 27.9 Å². The molecule has 2 aromatic carbocycles. The van der Waals surface area contributed by atoms with Crippen molar-refractivity contribution in [3.63, 3.8) is 0 Å². The number of aliphatic imine (C=N–C) groups is 1. The van der Waals surface area contributed by atoms with E-state index in [-0.39, 0.29) is 30.5 Å². The minimum absolute atomic E-state index is 0.0607. The first-order valence-electron chi connectivity index (χ1n) is 12.4. The van der Waals surface area contributed by atoms with Crippen LogP contribution in [-0.2, 0) is 14.3 Å². The van der Waals surface area contributed by atoms with E-state index in [4.69, 9.17) is 23.9 Å². The van der Waals surface area contributed by atoms with Crippen molar-refractivity contribution >= 4 is 17.5 Å². The summed E-state index contributed by atoms with van der Waals surface area (Å²) in [5.74, 6) is -0.519. The molecule has 2 aromatic rings. The van der Waals surface area contributed by atoms with Gasteiger partial charge in [0.15, 0.2) is 28.8 Å². The first-order chi connectivity index (χ1) is 17.8. The highest BCUT2D eigenvalue weighted by atomic mass is 16.5. The second-order valence-electron chi connectivity index (χ2n) is 9.31. The predicted octanol–water partition coefficient (Wildman–Crippen LogP) is 4.95. The molecule has 2 aliphatic rings. The van der Waals surface area contributed by atoms with Crippen molar-refractivity contribution in [1.82, 2.24) is 0 Å². The van der Waals surface area contributed by atoms with E-state index in [9.17, 15) is 14.7 Å². The molecule has 0 saturated heterocycles. The third-order valence-corrected chi connectivity index (χ3v) is 7.03. The number of benzene rings is 2. The van der Waals surface area contributed by atoms with Gasteiger partial charge in [0, 0.05) is 29.3 Å². The van der Waals surface area contributed by atoms with Gasteiger partial charge in [-0.1, -0.05) is 19.1 Å². The average molecular weight is 508 g/mol. The number of phenols is 1. The summed E-state index contributed by atoms with van der Waals surface area (Å²) in [6, 6.07) is 10.6. The molecule has 3 unspecified atom stereocenters. The van der Waals surface area contributed by atoms with Gasteiger partial charge in [-0.05, 0) is 61.1 Å². The molecular formula is C29H33NO7. The molecule has 1 aliphatic carbocycles. The van der Waals surface area contributed by atoms with Crippen LogP contribution >= 0.6 is 0 Å². The molecule has 0 amide bonds. The Morgan fingerprint density at radius 1 is 0.973 bits per heavy atom. The fourth-order valence-corrected chi connectivity index (χ4v) is 5.26. The number of hydrogen-bond acceptors (Lipinski definition) is 8. The molecule has 0 radical (unpaired) electrons. The summed E-state index contributed by atoms with van der Waals surface area (Å²) in [6.07, 6.45) is 1.48. The Balaban J connectivity index is 1.78. The van der Waals surface area contributed by atoms with Crippen molar-refractivity contribution in [2.45, 2.75) is 44.9 Å². The molecule has 0 fully saturated rings. The normalized spacial score (nSPS) is 21.2. The van der Waals surface area contributed by atoms with Crippen LogP contribution < -0.4 is 14.2 Å². The number of aromatic hydroxyl groups is 1. The third kappa shape index (κ3) is 5.05. The lowest BCUT2D eigenvalue weighted by Gasteiger charge is -2.36. The van der Waals surface area contributed by atoms with Crippen LogP contribution in [0.4, 0.5) is 0 Å². The maximum absolute atomic E-state index is 13.7. The van der Waals surface area contributed by atoms with Crippen molar-refractivity contribution in [2.24, 2.45) is 10.9 Å². The van der Waals surface area contributed by atoms with Gasteiger partial charge in [-0.3, -0.25) is 14.6 Å². The van der Waals surface area contributed by atoms with Gasteiger partial charge in [0.2, 0.25) is 0 Å². The molecule has 1 aliphatic heterocycles. The zero-order valence-electron chi connectivity index (χ0n) is 21.9. The molecule has 196 valence electrons. The third-order valence-electron chi connectivity index (χ3n) is 7.03. The first-order valence-corrected chi connectivity index (χ1v) is 12.4. The second-order valence-corrected chi connectivity index (χ2v) is 9.31. The van der Waals surface area contributed by atoms with E-state index in [0.717, 1.165) is 5.56 Å². The van der Waals surface area contributed by atoms with Crippen LogP contribution in [0.25, 0.3) is 0 Å². The number of esters is 1. The van der Waals surface area contributed by atoms with E-state index in [0.29, 0.717) is 52.6 Å². The van der Waals surface area contributed by atoms with E-state index in [1.165, 1.54) is 7.11 Å². The summed E-state index contributed by atoms with van der Waals surface area (Å²) >= 11 is 0. The van der Waals surface area contributed by atoms with E-state index >= 15 is 0 Å². The van der Waals surface area contributed by atoms with Crippen molar-refractivity contribution in [3.05, 3.63) is 58.8 Å². The zero-order chi connectivity index (χ0) is 26.7. The molecule has 1 heterocycles. The lowest BCUT2D eigenvalue weighted by atomic mass is 9.69. The standard InChI is InChI=1S/C29H33NO7/c1-6-11-37-29(33)26-16(2)30-20-12-19(17-7-10-24(35-4)25(15-17)36-5)14-22(32)28(20)27(26)18-8-9-23(34-3)21(31)13-18/h7-10,13,15,19,26-27,31H,6,11-12,14H2,1-5H3. The van der Waals surface area contributed by atoms with Gasteiger partial charge in [-0.2, -0.15) is 0 Å². The molecule has 1 N–H and O–H groups in total. The molecule has 8 heteroatoms. The van der Waals surface area contributed by atoms with Crippen molar-refractivity contribution in [3.8, 4) is 23.0 Å². The molecule has 0 saturated carbocycles. The lowest BCUT2D eigenvalue weighted by molar-refractivity contribution is -0.146. The molecular weight excluding hydrogens is 474 g/mol. The summed E-state index contributed by atoms with van der Waals surface area (Å²) < 4.78 is 21.5. The summed E-state index contributed by atoms with van der Waals surface area (Å²) in [5, 5.41) is 10.5. The SMILES string of the molecule is CCCOC(=O)C1C(C)=NC2=C(C(=O)CC(c3ccc(OC)c(OC)c3)C2)C1c1ccc(OC)c(O)c1. The maximum Gasteiger partial charge on any atom is 0.315 e. The Kier molecular flexibility index (Phi) is 7.86. The van der Waals surface area contributed by atoms with Gasteiger partial charge in [-0.15, -0.1) is 0 Å². The molecule has 8 nitrogen and oxygen atoms in total. The van der Waals surface area contributed by atoms with Gasteiger partial charge >= 0.3 is 5.97 Å². The highest BCUT2D eigenvalue weighted by molar-refractivity contribution is 6.09. The minimum atomic E-state index is -0.764. The van der Waals surface area contributed by atoms with E-state index in [1.54, 1.807) is 39.3 Å². The Morgan fingerprint density at radius 2 is 1.65 bits per heavy atom. The topological polar surface area (TPSA) is 104 Å². The van der Waals surface area contributed by atoms with E-state index < -0.39 is 17.8 Å². The van der Waals surface area contributed by atoms with Gasteiger partial charge in [0.25, 0.3) is 0 Å². The van der Waals surface area contributed by atoms with Crippen LogP contribution in [0, 0.1) is 5.92 Å². The number of carbonyl (C=O) groups is 2. The van der Waals surface area contributed by atoms with Gasteiger partial charge in [0.1, 0.15) is 5.92 Å². The number of nitrogens with zero attached hydrogens (tertiary/aromatic N) is 1. The van der Waals surface area contributed by atoms with Crippen LogP contribution in [0.15, 0.2) is 52.7 Å². The molecule has 0 bridgehead atoms. The lowest BCUT2D eigenvalue weighted by Crippen LogP contribution is -2.38. The van der Waals surface area contributed by atoms with Crippen LogP contribution in [0.1, 0.15) is 56.1 Å². The number of hydrogen-bond donors (Lipinski definition) is 1. The maximum atomic E-state index is 13.7. The highest BCUT2D eigenvalue weighted by Crippen LogP contribution is 2.48. The van der Waals surface area contributed by atoms with Crippen molar-refractivity contribution in [2.75, 3.05) is 27.9 Å². The number of Topliss-reactive ketones (excluding diaryl/α,β-unsaturated/α-hetero) is 1. The monoisotopic (exact) mass is 507 g/mol. The van der Waals surface area contributed by atoms with Gasteiger partial charge < -0.3 is 24.1 Å². The molecule has 0 spiro atoms. The van der Waals surface area contributed by atoms with Gasteiger partial charge in [-0.25, -0.2) is 0 Å². The molecule has 3 atom stereocenters. The number of ketones is 1. The van der Waals surface area contributed by atoms with Crippen molar-refractivity contribution in [1.29, 1.82) is 0 Å². The van der Waals surface area contributed by atoms with E-state index in [1.807, 2.05) is 25.1 Å². The number of ether oxygens (including phenoxy) is 4. The Labute approximate surface area is 216 Å². The van der Waals surface area contributed by atoms with Crippen LogP contribution in [-0.4, -0.2) is 50.5 Å². The summed E-state index contributed by atoms with van der Waals surface area (Å²) in [5.41, 5.74) is 3.34. The zero-order valence-corrected chi connectivity index (χ0v) is 21.9. The van der Waals surface area contributed by atoms with Crippen molar-refractivity contribution < 1.29 is 33.6 Å².